The highest BCUT2D eigenvalue weighted by atomic mass is 35.5. The molecule has 1 aromatic carbocycles. The van der Waals surface area contributed by atoms with E-state index >= 15 is 0 Å². The van der Waals surface area contributed by atoms with Crippen molar-refractivity contribution in [2.45, 2.75) is 0 Å². The molecule has 4 heteroatoms. The summed E-state index contributed by atoms with van der Waals surface area (Å²) in [5, 5.41) is 0.309. The van der Waals surface area contributed by atoms with Crippen molar-refractivity contribution in [1.82, 2.24) is 0 Å². The van der Waals surface area contributed by atoms with E-state index in [1.807, 2.05) is 0 Å². The van der Waals surface area contributed by atoms with Crippen LogP contribution in [0.5, 0.6) is 5.75 Å². The van der Waals surface area contributed by atoms with E-state index in [0.717, 1.165) is 0 Å². The summed E-state index contributed by atoms with van der Waals surface area (Å²) in [7, 11) is 1.31. The predicted molar refractivity (Wildman–Crippen MR) is 58.5 cm³/mol. The molecule has 0 saturated carbocycles. The van der Waals surface area contributed by atoms with Gasteiger partial charge in [0.25, 0.3) is 0 Å². The van der Waals surface area contributed by atoms with Crippen LogP contribution in [0.1, 0.15) is 10.4 Å². The molecule has 0 radical (unpaired) electrons. The first-order chi connectivity index (χ1) is 7.19. The van der Waals surface area contributed by atoms with Gasteiger partial charge in [0.2, 0.25) is 0 Å². The minimum Gasteiger partial charge on any atom is -0.490 e. The maximum Gasteiger partial charge on any atom is 0.339 e. The number of ether oxygens (including phenoxy) is 2. The normalized spacial score (nSPS) is 9.47. The SMILES string of the molecule is C=CCOc1ccc(C(=O)OC)c(Cl)c1. The molecular formula is C11H11ClO3. The molecular weight excluding hydrogens is 216 g/mol. The number of hydrogen-bond acceptors (Lipinski definition) is 3. The molecule has 1 rings (SSSR count). The van der Waals surface area contributed by atoms with Crippen LogP contribution in [-0.2, 0) is 4.74 Å². The van der Waals surface area contributed by atoms with E-state index in [2.05, 4.69) is 11.3 Å². The molecule has 0 atom stereocenters. The van der Waals surface area contributed by atoms with Crippen LogP contribution in [0.15, 0.2) is 30.9 Å². The highest BCUT2D eigenvalue weighted by Gasteiger charge is 2.10. The molecule has 0 saturated heterocycles. The van der Waals surface area contributed by atoms with Gasteiger partial charge in [-0.3, -0.25) is 0 Å². The van der Waals surface area contributed by atoms with Gasteiger partial charge in [-0.15, -0.1) is 0 Å². The van der Waals surface area contributed by atoms with E-state index in [1.165, 1.54) is 7.11 Å². The van der Waals surface area contributed by atoms with E-state index < -0.39 is 5.97 Å². The topological polar surface area (TPSA) is 35.5 Å². The molecule has 0 amide bonds. The van der Waals surface area contributed by atoms with Gasteiger partial charge in [-0.25, -0.2) is 4.79 Å². The van der Waals surface area contributed by atoms with Crippen molar-refractivity contribution < 1.29 is 14.3 Å². The summed E-state index contributed by atoms with van der Waals surface area (Å²) in [5.74, 6) is 0.128. The Morgan fingerprint density at radius 1 is 1.60 bits per heavy atom. The summed E-state index contributed by atoms with van der Waals surface area (Å²) in [6.07, 6.45) is 1.63. The molecule has 0 unspecified atom stereocenters. The maximum absolute atomic E-state index is 11.2. The largest absolute Gasteiger partial charge is 0.490 e. The summed E-state index contributed by atoms with van der Waals surface area (Å²) >= 11 is 5.88. The van der Waals surface area contributed by atoms with Crippen LogP contribution in [0.3, 0.4) is 0 Å². The van der Waals surface area contributed by atoms with Crippen molar-refractivity contribution >= 4 is 17.6 Å². The van der Waals surface area contributed by atoms with Crippen LogP contribution in [0.4, 0.5) is 0 Å². The quantitative estimate of drug-likeness (QED) is 0.585. The Labute approximate surface area is 93.3 Å². The Kier molecular flexibility index (Phi) is 4.18. The fraction of sp³-hybridized carbons (Fsp3) is 0.182. The average molecular weight is 227 g/mol. The molecule has 0 N–H and O–H groups in total. The van der Waals surface area contributed by atoms with Crippen molar-refractivity contribution in [3.05, 3.63) is 41.4 Å². The van der Waals surface area contributed by atoms with Gasteiger partial charge in [-0.2, -0.15) is 0 Å². The second-order valence-electron chi connectivity index (χ2n) is 2.73. The van der Waals surface area contributed by atoms with Crippen LogP contribution in [0.2, 0.25) is 5.02 Å². The van der Waals surface area contributed by atoms with Crippen molar-refractivity contribution in [2.75, 3.05) is 13.7 Å². The summed E-state index contributed by atoms with van der Waals surface area (Å²) in [6, 6.07) is 4.78. The number of hydrogen-bond donors (Lipinski definition) is 0. The Balaban J connectivity index is 2.87. The summed E-state index contributed by atoms with van der Waals surface area (Å²) < 4.78 is 9.81. The molecule has 0 fully saturated rings. The smallest absolute Gasteiger partial charge is 0.339 e. The summed E-state index contributed by atoms with van der Waals surface area (Å²) in [5.41, 5.74) is 0.324. The number of benzene rings is 1. The van der Waals surface area contributed by atoms with Crippen molar-refractivity contribution in [3.8, 4) is 5.75 Å². The van der Waals surface area contributed by atoms with Crippen LogP contribution in [0, 0.1) is 0 Å². The van der Waals surface area contributed by atoms with Gasteiger partial charge in [0.05, 0.1) is 17.7 Å². The third kappa shape index (κ3) is 2.99. The minimum absolute atomic E-state index is 0.309. The number of carbonyl (C=O) groups excluding carboxylic acids is 1. The molecule has 0 heterocycles. The third-order valence-corrected chi connectivity index (χ3v) is 2.03. The molecule has 80 valence electrons. The lowest BCUT2D eigenvalue weighted by Gasteiger charge is -2.06. The molecule has 15 heavy (non-hydrogen) atoms. The Bertz CT molecular complexity index is 374. The molecule has 0 spiro atoms. The Morgan fingerprint density at radius 3 is 2.87 bits per heavy atom. The first-order valence-corrected chi connectivity index (χ1v) is 4.68. The fourth-order valence-corrected chi connectivity index (χ4v) is 1.26. The Morgan fingerprint density at radius 2 is 2.33 bits per heavy atom. The standard InChI is InChI=1S/C11H11ClO3/c1-3-6-15-8-4-5-9(10(12)7-8)11(13)14-2/h3-5,7H,1,6H2,2H3. The zero-order valence-electron chi connectivity index (χ0n) is 8.33. The summed E-state index contributed by atoms with van der Waals surface area (Å²) in [4.78, 5) is 11.2. The second kappa shape index (κ2) is 5.41. The van der Waals surface area contributed by atoms with Crippen LogP contribution < -0.4 is 4.74 Å². The van der Waals surface area contributed by atoms with E-state index in [0.29, 0.717) is 22.9 Å². The molecule has 3 nitrogen and oxygen atoms in total. The maximum atomic E-state index is 11.2. The van der Waals surface area contributed by atoms with Gasteiger partial charge in [0, 0.05) is 0 Å². The monoisotopic (exact) mass is 226 g/mol. The first kappa shape index (κ1) is 11.6. The zero-order valence-corrected chi connectivity index (χ0v) is 9.08. The van der Waals surface area contributed by atoms with Crippen LogP contribution >= 0.6 is 11.6 Å². The van der Waals surface area contributed by atoms with Crippen LogP contribution in [-0.4, -0.2) is 19.7 Å². The van der Waals surface area contributed by atoms with Gasteiger partial charge in [0.1, 0.15) is 12.4 Å². The molecule has 0 aliphatic carbocycles. The number of carbonyl (C=O) groups is 1. The van der Waals surface area contributed by atoms with Gasteiger partial charge >= 0.3 is 5.97 Å². The van der Waals surface area contributed by atoms with E-state index in [9.17, 15) is 4.79 Å². The predicted octanol–water partition coefficient (Wildman–Crippen LogP) is 2.69. The number of esters is 1. The molecule has 0 aromatic heterocycles. The van der Waals surface area contributed by atoms with E-state index in [1.54, 1.807) is 24.3 Å². The van der Waals surface area contributed by atoms with Crippen molar-refractivity contribution in [1.29, 1.82) is 0 Å². The lowest BCUT2D eigenvalue weighted by atomic mass is 10.2. The lowest BCUT2D eigenvalue weighted by molar-refractivity contribution is 0.0601. The third-order valence-electron chi connectivity index (χ3n) is 1.71. The second-order valence-corrected chi connectivity index (χ2v) is 3.14. The van der Waals surface area contributed by atoms with Crippen LogP contribution in [0.25, 0.3) is 0 Å². The zero-order chi connectivity index (χ0) is 11.3. The molecule has 0 aliphatic heterocycles. The average Bonchev–Trinajstić information content (AvgIpc) is 2.25. The highest BCUT2D eigenvalue weighted by Crippen LogP contribution is 2.23. The summed E-state index contributed by atoms with van der Waals surface area (Å²) in [6.45, 7) is 3.92. The highest BCUT2D eigenvalue weighted by molar-refractivity contribution is 6.33. The van der Waals surface area contributed by atoms with Gasteiger partial charge in [-0.1, -0.05) is 24.3 Å². The van der Waals surface area contributed by atoms with Gasteiger partial charge in [0.15, 0.2) is 0 Å². The number of methoxy groups -OCH3 is 1. The Hall–Kier alpha value is -1.48. The molecule has 0 bridgehead atoms. The lowest BCUT2D eigenvalue weighted by Crippen LogP contribution is -2.02. The van der Waals surface area contributed by atoms with Crippen molar-refractivity contribution in [3.63, 3.8) is 0 Å². The molecule has 1 aromatic rings. The number of halogens is 1. The minimum atomic E-state index is -0.463. The van der Waals surface area contributed by atoms with Gasteiger partial charge in [-0.05, 0) is 18.2 Å². The fourth-order valence-electron chi connectivity index (χ4n) is 1.02. The first-order valence-electron chi connectivity index (χ1n) is 4.30. The molecule has 0 aliphatic rings. The van der Waals surface area contributed by atoms with Crippen molar-refractivity contribution in [2.24, 2.45) is 0 Å². The number of rotatable bonds is 4. The van der Waals surface area contributed by atoms with E-state index in [4.69, 9.17) is 16.3 Å². The van der Waals surface area contributed by atoms with Gasteiger partial charge < -0.3 is 9.47 Å². The van der Waals surface area contributed by atoms with E-state index in [-0.39, 0.29) is 0 Å².